The Morgan fingerprint density at radius 1 is 1.12 bits per heavy atom. The molecule has 1 amide bonds. The fourth-order valence-electron chi connectivity index (χ4n) is 4.74. The molecule has 0 bridgehead atoms. The molecular weight excluding hydrogens is 583 g/mol. The topological polar surface area (TPSA) is 105 Å². The highest BCUT2D eigenvalue weighted by atomic mass is 35.5. The lowest BCUT2D eigenvalue weighted by molar-refractivity contribution is 0.0769. The van der Waals surface area contributed by atoms with Crippen LogP contribution in [-0.2, 0) is 21.2 Å². The summed E-state index contributed by atoms with van der Waals surface area (Å²) >= 11 is 5.89. The number of halogens is 2. The van der Waals surface area contributed by atoms with Crippen LogP contribution in [0.5, 0.6) is 5.75 Å². The zero-order valence-electron chi connectivity index (χ0n) is 23.6. The van der Waals surface area contributed by atoms with Crippen molar-refractivity contribution in [2.24, 2.45) is 5.92 Å². The maximum Gasteiger partial charge on any atom is 0.255 e. The van der Waals surface area contributed by atoms with Crippen molar-refractivity contribution >= 4 is 27.5 Å². The Labute approximate surface area is 251 Å². The summed E-state index contributed by atoms with van der Waals surface area (Å²) in [6, 6.07) is 18.5. The molecule has 0 spiro atoms. The fourth-order valence-corrected chi connectivity index (χ4v) is 6.63. The van der Waals surface area contributed by atoms with Crippen LogP contribution in [0.3, 0.4) is 0 Å². The van der Waals surface area contributed by atoms with Gasteiger partial charge in [0.25, 0.3) is 5.91 Å². The minimum Gasteiger partial charge on any atom is -0.487 e. The van der Waals surface area contributed by atoms with Gasteiger partial charge in [-0.05, 0) is 48.2 Å². The van der Waals surface area contributed by atoms with E-state index in [-0.39, 0.29) is 41.5 Å². The van der Waals surface area contributed by atoms with Crippen molar-refractivity contribution in [3.63, 3.8) is 0 Å². The number of benzene rings is 3. The molecule has 0 aliphatic carbocycles. The Bertz CT molecular complexity index is 1450. The number of rotatable bonds is 13. The van der Waals surface area contributed by atoms with Crippen LogP contribution in [0.2, 0.25) is 5.02 Å². The molecule has 8 nitrogen and oxygen atoms in total. The summed E-state index contributed by atoms with van der Waals surface area (Å²) in [5.41, 5.74) is 1.14. The first-order valence-electron chi connectivity index (χ1n) is 13.9. The summed E-state index contributed by atoms with van der Waals surface area (Å²) in [7, 11) is -4.16. The van der Waals surface area contributed by atoms with E-state index < -0.39 is 33.9 Å². The Morgan fingerprint density at radius 3 is 2.50 bits per heavy atom. The molecule has 1 heterocycles. The number of ether oxygens (including phenoxy) is 2. The lowest BCUT2D eigenvalue weighted by Gasteiger charge is -2.31. The van der Waals surface area contributed by atoms with Crippen molar-refractivity contribution in [2.75, 3.05) is 26.3 Å². The number of para-hydroxylation sites is 1. The van der Waals surface area contributed by atoms with Gasteiger partial charge >= 0.3 is 0 Å². The van der Waals surface area contributed by atoms with Gasteiger partial charge in [0, 0.05) is 19.5 Å². The molecule has 0 saturated carbocycles. The van der Waals surface area contributed by atoms with Crippen LogP contribution in [0, 0.1) is 11.7 Å². The molecule has 11 heteroatoms. The first-order chi connectivity index (χ1) is 20.0. The largest absolute Gasteiger partial charge is 0.487 e. The predicted octanol–water partition coefficient (Wildman–Crippen LogP) is 4.70. The van der Waals surface area contributed by atoms with Crippen molar-refractivity contribution in [3.05, 3.63) is 94.8 Å². The number of amides is 1. The summed E-state index contributed by atoms with van der Waals surface area (Å²) in [6.45, 7) is 4.49. The van der Waals surface area contributed by atoms with Crippen molar-refractivity contribution in [2.45, 2.75) is 49.8 Å². The maximum atomic E-state index is 13.8. The maximum absolute atomic E-state index is 13.8. The van der Waals surface area contributed by atoms with Crippen molar-refractivity contribution < 1.29 is 32.2 Å². The van der Waals surface area contributed by atoms with Crippen molar-refractivity contribution in [1.82, 2.24) is 9.62 Å². The van der Waals surface area contributed by atoms with Gasteiger partial charge in [-0.25, -0.2) is 12.8 Å². The molecule has 1 aliphatic heterocycles. The Morgan fingerprint density at radius 2 is 1.83 bits per heavy atom. The average molecular weight is 619 g/mol. The van der Waals surface area contributed by atoms with Crippen LogP contribution in [0.15, 0.2) is 77.7 Å². The minimum absolute atomic E-state index is 0.0839. The highest BCUT2D eigenvalue weighted by Gasteiger charge is 2.32. The van der Waals surface area contributed by atoms with Gasteiger partial charge in [-0.3, -0.25) is 4.79 Å². The molecule has 3 aromatic carbocycles. The quantitative estimate of drug-likeness (QED) is 0.288. The molecule has 3 atom stereocenters. The van der Waals surface area contributed by atoms with E-state index in [2.05, 4.69) is 5.32 Å². The number of carbonyl (C=O) groups is 1. The standard InChI is InChI=1S/C31H36ClFN2O6S/c1-21(2)18-35(42(38,39)24-12-13-27(33)26(32)17-24)19-29(36)28(16-22-8-4-3-5-9-22)34-31(37)25-10-6-7-11-30(25)41-23-14-15-40-20-23/h3-13,17,21,23,28-29,36H,14-16,18-20H2,1-2H3,(H,34,37)/t23-,28-,29+/m0/s1. The first kappa shape index (κ1) is 31.9. The second kappa shape index (κ2) is 14.4. The summed E-state index contributed by atoms with van der Waals surface area (Å²) in [5, 5.41) is 14.1. The van der Waals surface area contributed by atoms with E-state index in [0.29, 0.717) is 30.9 Å². The van der Waals surface area contributed by atoms with Gasteiger partial charge in [0.1, 0.15) is 17.7 Å². The second-order valence-electron chi connectivity index (χ2n) is 10.7. The number of carbonyl (C=O) groups excluding carboxylic acids is 1. The molecule has 42 heavy (non-hydrogen) atoms. The van der Waals surface area contributed by atoms with E-state index in [1.54, 1.807) is 24.3 Å². The van der Waals surface area contributed by atoms with Gasteiger partial charge < -0.3 is 19.9 Å². The summed E-state index contributed by atoms with van der Waals surface area (Å²) in [4.78, 5) is 13.4. The summed E-state index contributed by atoms with van der Waals surface area (Å²) in [6.07, 6.45) is -0.509. The third-order valence-electron chi connectivity index (χ3n) is 6.88. The number of hydrogen-bond acceptors (Lipinski definition) is 6. The van der Waals surface area contributed by atoms with Crippen molar-refractivity contribution in [3.8, 4) is 5.75 Å². The van der Waals surface area contributed by atoms with Gasteiger partial charge in [-0.2, -0.15) is 4.31 Å². The molecule has 2 N–H and O–H groups in total. The van der Waals surface area contributed by atoms with Crippen LogP contribution in [0.25, 0.3) is 0 Å². The zero-order valence-corrected chi connectivity index (χ0v) is 25.2. The molecule has 0 radical (unpaired) electrons. The van der Waals surface area contributed by atoms with Gasteiger partial charge in [0.15, 0.2) is 0 Å². The van der Waals surface area contributed by atoms with E-state index in [9.17, 15) is 22.7 Å². The van der Waals surface area contributed by atoms with E-state index >= 15 is 0 Å². The number of sulfonamides is 1. The normalized spacial score (nSPS) is 16.9. The fraction of sp³-hybridized carbons (Fsp3) is 0.387. The molecular formula is C31H36ClFN2O6S. The van der Waals surface area contributed by atoms with Crippen LogP contribution >= 0.6 is 11.6 Å². The Kier molecular flexibility index (Phi) is 11.0. The van der Waals surface area contributed by atoms with Gasteiger partial charge in [0.05, 0.1) is 40.8 Å². The van der Waals surface area contributed by atoms with E-state index in [1.807, 2.05) is 44.2 Å². The third kappa shape index (κ3) is 8.29. The molecule has 1 aliphatic rings. The minimum atomic E-state index is -4.16. The average Bonchev–Trinajstić information content (AvgIpc) is 3.47. The van der Waals surface area contributed by atoms with E-state index in [0.717, 1.165) is 28.1 Å². The Hall–Kier alpha value is -3.02. The predicted molar refractivity (Wildman–Crippen MR) is 159 cm³/mol. The number of nitrogens with one attached hydrogen (secondary N) is 1. The van der Waals surface area contributed by atoms with E-state index in [1.165, 1.54) is 0 Å². The molecule has 3 aromatic rings. The van der Waals surface area contributed by atoms with Gasteiger partial charge in [-0.1, -0.05) is 67.9 Å². The number of aliphatic hydroxyl groups is 1. The lowest BCUT2D eigenvalue weighted by Crippen LogP contribution is -2.51. The van der Waals surface area contributed by atoms with Crippen LogP contribution in [0.4, 0.5) is 4.39 Å². The summed E-state index contributed by atoms with van der Waals surface area (Å²) in [5.74, 6) is -0.890. The molecule has 1 fully saturated rings. The molecule has 0 aromatic heterocycles. The van der Waals surface area contributed by atoms with Crippen LogP contribution < -0.4 is 10.1 Å². The van der Waals surface area contributed by atoms with Gasteiger partial charge in [0.2, 0.25) is 10.0 Å². The van der Waals surface area contributed by atoms with Gasteiger partial charge in [-0.15, -0.1) is 0 Å². The van der Waals surface area contributed by atoms with Crippen LogP contribution in [0.1, 0.15) is 36.2 Å². The monoisotopic (exact) mass is 618 g/mol. The SMILES string of the molecule is CC(C)CN(C[C@@H](O)[C@H](Cc1ccccc1)NC(=O)c1ccccc1O[C@H]1CCOC1)S(=O)(=O)c1ccc(F)c(Cl)c1. The number of aliphatic hydroxyl groups excluding tert-OH is 1. The summed E-state index contributed by atoms with van der Waals surface area (Å²) < 4.78 is 53.6. The van der Waals surface area contributed by atoms with E-state index in [4.69, 9.17) is 21.1 Å². The smallest absolute Gasteiger partial charge is 0.255 e. The molecule has 226 valence electrons. The number of hydrogen-bond donors (Lipinski definition) is 2. The second-order valence-corrected chi connectivity index (χ2v) is 13.1. The molecule has 0 unspecified atom stereocenters. The highest BCUT2D eigenvalue weighted by Crippen LogP contribution is 2.25. The lowest BCUT2D eigenvalue weighted by atomic mass is 10.00. The highest BCUT2D eigenvalue weighted by molar-refractivity contribution is 7.89. The molecule has 4 rings (SSSR count). The number of nitrogens with zero attached hydrogens (tertiary/aromatic N) is 1. The van der Waals surface area contributed by atoms with Crippen molar-refractivity contribution in [1.29, 1.82) is 0 Å². The Balaban J connectivity index is 1.60. The molecule has 1 saturated heterocycles. The first-order valence-corrected chi connectivity index (χ1v) is 15.7. The van der Waals surface area contributed by atoms with Crippen LogP contribution in [-0.4, -0.2) is 68.3 Å². The zero-order chi connectivity index (χ0) is 30.3. The third-order valence-corrected chi connectivity index (χ3v) is 9.00.